The predicted octanol–water partition coefficient (Wildman–Crippen LogP) is 4.40. The molecule has 20 heavy (non-hydrogen) atoms. The van der Waals surface area contributed by atoms with Crippen molar-refractivity contribution in [1.82, 2.24) is 9.97 Å². The molecule has 0 aliphatic rings. The van der Waals surface area contributed by atoms with Gasteiger partial charge in [-0.2, -0.15) is 4.98 Å². The molecule has 1 aromatic heterocycles. The van der Waals surface area contributed by atoms with Gasteiger partial charge in [0.2, 0.25) is 5.88 Å². The predicted molar refractivity (Wildman–Crippen MR) is 81.9 cm³/mol. The first-order valence-electron chi connectivity index (χ1n) is 6.50. The summed E-state index contributed by atoms with van der Waals surface area (Å²) in [5.41, 5.74) is 0.969. The Morgan fingerprint density at radius 1 is 1.20 bits per heavy atom. The van der Waals surface area contributed by atoms with E-state index in [9.17, 15) is 0 Å². The third-order valence-corrected chi connectivity index (χ3v) is 3.27. The zero-order chi connectivity index (χ0) is 14.7. The van der Waals surface area contributed by atoms with E-state index >= 15 is 0 Å². The fourth-order valence-electron chi connectivity index (χ4n) is 1.68. The monoisotopic (exact) mass is 291 g/mol. The maximum absolute atomic E-state index is 6.01. The number of nitrogens with zero attached hydrogens (tertiary/aromatic N) is 2. The van der Waals surface area contributed by atoms with Gasteiger partial charge in [-0.3, -0.25) is 0 Å². The Morgan fingerprint density at radius 3 is 2.55 bits per heavy atom. The van der Waals surface area contributed by atoms with Crippen LogP contribution in [0, 0.1) is 6.92 Å². The quantitative estimate of drug-likeness (QED) is 0.907. The average molecular weight is 292 g/mol. The molecule has 106 valence electrons. The lowest BCUT2D eigenvalue weighted by Crippen LogP contribution is -2.03. The number of hydrogen-bond donors (Lipinski definition) is 1. The van der Waals surface area contributed by atoms with Crippen LogP contribution in [0.1, 0.15) is 31.2 Å². The number of ether oxygens (including phenoxy) is 1. The molecule has 0 spiro atoms. The lowest BCUT2D eigenvalue weighted by Gasteiger charge is -2.11. The number of halogens is 1. The molecule has 0 radical (unpaired) electrons. The van der Waals surface area contributed by atoms with Crippen LogP contribution in [0.4, 0.5) is 5.82 Å². The Morgan fingerprint density at radius 2 is 1.95 bits per heavy atom. The van der Waals surface area contributed by atoms with Gasteiger partial charge in [0.1, 0.15) is 17.4 Å². The Kier molecular flexibility index (Phi) is 4.45. The lowest BCUT2D eigenvalue weighted by atomic mass is 10.2. The van der Waals surface area contributed by atoms with Gasteiger partial charge in [-0.05, 0) is 30.7 Å². The second-order valence-corrected chi connectivity index (χ2v) is 5.27. The van der Waals surface area contributed by atoms with Crippen molar-refractivity contribution >= 4 is 17.4 Å². The van der Waals surface area contributed by atoms with Crippen LogP contribution < -0.4 is 10.1 Å². The van der Waals surface area contributed by atoms with E-state index in [1.54, 1.807) is 6.07 Å². The molecule has 0 fully saturated rings. The van der Waals surface area contributed by atoms with Gasteiger partial charge in [-0.25, -0.2) is 4.98 Å². The summed E-state index contributed by atoms with van der Waals surface area (Å²) in [4.78, 5) is 8.82. The summed E-state index contributed by atoms with van der Waals surface area (Å²) in [6.07, 6.45) is 0. The molecular weight excluding hydrogens is 274 g/mol. The topological polar surface area (TPSA) is 47.0 Å². The summed E-state index contributed by atoms with van der Waals surface area (Å²) in [7, 11) is 1.82. The molecular formula is C15H18ClN3O. The van der Waals surface area contributed by atoms with Crippen molar-refractivity contribution in [2.24, 2.45) is 0 Å². The maximum atomic E-state index is 6.01. The number of aromatic nitrogens is 2. The van der Waals surface area contributed by atoms with Crippen molar-refractivity contribution in [1.29, 1.82) is 0 Å². The molecule has 0 bridgehead atoms. The van der Waals surface area contributed by atoms with Gasteiger partial charge in [0.05, 0.1) is 0 Å². The molecule has 2 aromatic rings. The molecule has 0 saturated heterocycles. The fourth-order valence-corrected chi connectivity index (χ4v) is 1.80. The van der Waals surface area contributed by atoms with Gasteiger partial charge in [0.15, 0.2) is 0 Å². The molecule has 5 heteroatoms. The Hall–Kier alpha value is -1.81. The molecule has 1 heterocycles. The SMILES string of the molecule is CNc1cc(Oc2ccc(Cl)c(C)c2)nc(C(C)C)n1. The van der Waals surface area contributed by atoms with E-state index in [4.69, 9.17) is 16.3 Å². The number of hydrogen-bond acceptors (Lipinski definition) is 4. The van der Waals surface area contributed by atoms with Crippen molar-refractivity contribution in [3.8, 4) is 11.6 Å². The van der Waals surface area contributed by atoms with Gasteiger partial charge < -0.3 is 10.1 Å². The van der Waals surface area contributed by atoms with Gasteiger partial charge >= 0.3 is 0 Å². The molecule has 0 amide bonds. The van der Waals surface area contributed by atoms with Crippen LogP contribution in [0.25, 0.3) is 0 Å². The van der Waals surface area contributed by atoms with Crippen molar-refractivity contribution in [2.75, 3.05) is 12.4 Å². The number of nitrogens with one attached hydrogen (secondary N) is 1. The molecule has 0 saturated carbocycles. The molecule has 1 N–H and O–H groups in total. The zero-order valence-electron chi connectivity index (χ0n) is 12.1. The standard InChI is InChI=1S/C15H18ClN3O/c1-9(2)15-18-13(17-4)8-14(19-15)20-11-5-6-12(16)10(3)7-11/h5-9H,1-4H3,(H,17,18,19). The molecule has 1 aromatic carbocycles. The van der Waals surface area contributed by atoms with Crippen molar-refractivity contribution < 1.29 is 4.74 Å². The van der Waals surface area contributed by atoms with E-state index in [0.29, 0.717) is 11.6 Å². The highest BCUT2D eigenvalue weighted by molar-refractivity contribution is 6.31. The van der Waals surface area contributed by atoms with Crippen molar-refractivity contribution in [3.05, 3.63) is 40.7 Å². The number of rotatable bonds is 4. The molecule has 2 rings (SSSR count). The van der Waals surface area contributed by atoms with Crippen LogP contribution >= 0.6 is 11.6 Å². The Bertz CT molecular complexity index is 614. The zero-order valence-corrected chi connectivity index (χ0v) is 12.8. The van der Waals surface area contributed by atoms with Gasteiger partial charge in [-0.1, -0.05) is 25.4 Å². The second kappa shape index (κ2) is 6.09. The smallest absolute Gasteiger partial charge is 0.224 e. The molecule has 0 atom stereocenters. The summed E-state index contributed by atoms with van der Waals surface area (Å²) in [6, 6.07) is 7.30. The van der Waals surface area contributed by atoms with Crippen LogP contribution in [0.5, 0.6) is 11.6 Å². The minimum atomic E-state index is 0.234. The van der Waals surface area contributed by atoms with Crippen LogP contribution in [-0.2, 0) is 0 Å². The minimum absolute atomic E-state index is 0.234. The number of benzene rings is 1. The van der Waals surface area contributed by atoms with Crippen molar-refractivity contribution in [2.45, 2.75) is 26.7 Å². The van der Waals surface area contributed by atoms with E-state index in [0.717, 1.165) is 22.2 Å². The van der Waals surface area contributed by atoms with E-state index in [1.807, 2.05) is 46.0 Å². The van der Waals surface area contributed by atoms with E-state index < -0.39 is 0 Å². The van der Waals surface area contributed by atoms with Gasteiger partial charge in [0, 0.05) is 24.1 Å². The normalized spacial score (nSPS) is 10.7. The number of anilines is 1. The van der Waals surface area contributed by atoms with Gasteiger partial charge in [0.25, 0.3) is 0 Å². The van der Waals surface area contributed by atoms with Crippen LogP contribution in [0.2, 0.25) is 5.02 Å². The highest BCUT2D eigenvalue weighted by Gasteiger charge is 2.09. The lowest BCUT2D eigenvalue weighted by molar-refractivity contribution is 0.457. The summed E-state index contributed by atoms with van der Waals surface area (Å²) >= 11 is 6.01. The van der Waals surface area contributed by atoms with E-state index in [1.165, 1.54) is 0 Å². The first-order chi connectivity index (χ1) is 9.49. The molecule has 4 nitrogen and oxygen atoms in total. The third kappa shape index (κ3) is 3.39. The van der Waals surface area contributed by atoms with E-state index in [-0.39, 0.29) is 5.92 Å². The third-order valence-electron chi connectivity index (χ3n) is 2.84. The summed E-state index contributed by atoms with van der Waals surface area (Å²) in [5, 5.41) is 3.74. The maximum Gasteiger partial charge on any atom is 0.224 e. The summed E-state index contributed by atoms with van der Waals surface area (Å²) in [5.74, 6) is 2.96. The molecule has 0 aliphatic heterocycles. The highest BCUT2D eigenvalue weighted by Crippen LogP contribution is 2.26. The second-order valence-electron chi connectivity index (χ2n) is 4.87. The van der Waals surface area contributed by atoms with Crippen molar-refractivity contribution in [3.63, 3.8) is 0 Å². The minimum Gasteiger partial charge on any atom is -0.439 e. The fraction of sp³-hybridized carbons (Fsp3) is 0.333. The molecule has 0 unspecified atom stereocenters. The van der Waals surface area contributed by atoms with Gasteiger partial charge in [-0.15, -0.1) is 0 Å². The van der Waals surface area contributed by atoms with E-state index in [2.05, 4.69) is 15.3 Å². The largest absolute Gasteiger partial charge is 0.439 e. The number of aryl methyl sites for hydroxylation is 1. The first-order valence-corrected chi connectivity index (χ1v) is 6.88. The highest BCUT2D eigenvalue weighted by atomic mass is 35.5. The Labute approximate surface area is 124 Å². The average Bonchev–Trinajstić information content (AvgIpc) is 2.42. The first kappa shape index (κ1) is 14.6. The van der Waals surface area contributed by atoms with Crippen LogP contribution in [-0.4, -0.2) is 17.0 Å². The Balaban J connectivity index is 2.32. The summed E-state index contributed by atoms with van der Waals surface area (Å²) < 4.78 is 5.80. The molecule has 0 aliphatic carbocycles. The van der Waals surface area contributed by atoms with Crippen LogP contribution in [0.3, 0.4) is 0 Å². The van der Waals surface area contributed by atoms with Crippen LogP contribution in [0.15, 0.2) is 24.3 Å². The summed E-state index contributed by atoms with van der Waals surface area (Å²) in [6.45, 7) is 6.03.